The number of benzene rings is 3. The molecule has 2 nitrogen and oxygen atoms in total. The molecule has 26 heavy (non-hydrogen) atoms. The lowest BCUT2D eigenvalue weighted by Gasteiger charge is -2.07. The minimum absolute atomic E-state index is 0.0840. The first-order chi connectivity index (χ1) is 14.8. The molecule has 0 aliphatic carbocycles. The highest BCUT2D eigenvalue weighted by atomic mass is 32.1. The van der Waals surface area contributed by atoms with Crippen LogP contribution in [0.15, 0.2) is 78.7 Å². The average Bonchev–Trinajstić information content (AvgIpc) is 3.14. The highest BCUT2D eigenvalue weighted by Crippen LogP contribution is 2.35. The molecule has 5 rings (SSSR count). The van der Waals surface area contributed by atoms with E-state index >= 15 is 0 Å². The number of thiophene rings is 1. The van der Waals surface area contributed by atoms with Gasteiger partial charge in [-0.15, -0.1) is 11.3 Å². The van der Waals surface area contributed by atoms with Gasteiger partial charge in [0.05, 0.1) is 12.5 Å². The van der Waals surface area contributed by atoms with Gasteiger partial charge in [0.2, 0.25) is 0 Å². The number of aryl methyl sites for hydroxylation is 1. The Morgan fingerprint density at radius 3 is 2.50 bits per heavy atom. The van der Waals surface area contributed by atoms with E-state index in [1.165, 1.54) is 15.5 Å². The Hall–Kier alpha value is -3.04. The summed E-state index contributed by atoms with van der Waals surface area (Å²) in [6.07, 6.45) is 0. The van der Waals surface area contributed by atoms with Gasteiger partial charge in [-0.2, -0.15) is 0 Å². The standard InChI is InChI=1S/C23H16N2S/c1-15-13-20(16-7-3-2-4-8-16)25-23(24-15)17-11-12-19-18-9-5-6-10-21(18)26-22(19)14-17/h2-14H,1H3/i2D,3D,4D,7D,8D. The average molecular weight is 357 g/mol. The number of hydrogen-bond acceptors (Lipinski definition) is 3. The fourth-order valence-electron chi connectivity index (χ4n) is 3.07. The maximum atomic E-state index is 8.26. The second kappa shape index (κ2) is 6.04. The lowest BCUT2D eigenvalue weighted by molar-refractivity contribution is 1.12. The van der Waals surface area contributed by atoms with Gasteiger partial charge in [0.25, 0.3) is 0 Å². The van der Waals surface area contributed by atoms with E-state index in [4.69, 9.17) is 6.85 Å². The van der Waals surface area contributed by atoms with Crippen molar-refractivity contribution in [3.8, 4) is 22.6 Å². The Labute approximate surface area is 162 Å². The maximum absolute atomic E-state index is 8.26. The zero-order valence-electron chi connectivity index (χ0n) is 18.9. The fraction of sp³-hybridized carbons (Fsp3) is 0.0435. The summed E-state index contributed by atoms with van der Waals surface area (Å²) >= 11 is 1.70. The van der Waals surface area contributed by atoms with Gasteiger partial charge in [-0.25, -0.2) is 9.97 Å². The van der Waals surface area contributed by atoms with E-state index in [9.17, 15) is 0 Å². The van der Waals surface area contributed by atoms with Crippen molar-refractivity contribution >= 4 is 31.5 Å². The molecule has 3 aromatic carbocycles. The van der Waals surface area contributed by atoms with Crippen LogP contribution in [0, 0.1) is 6.92 Å². The Bertz CT molecular complexity index is 1480. The number of hydrogen-bond donors (Lipinski definition) is 0. The summed E-state index contributed by atoms with van der Waals surface area (Å²) < 4.78 is 42.6. The molecular formula is C23H16N2S. The number of aromatic nitrogens is 2. The Morgan fingerprint density at radius 1 is 0.808 bits per heavy atom. The first-order valence-electron chi connectivity index (χ1n) is 10.7. The molecule has 124 valence electrons. The molecule has 2 heterocycles. The minimum Gasteiger partial charge on any atom is -0.233 e. The van der Waals surface area contributed by atoms with E-state index in [0.717, 1.165) is 10.3 Å². The number of nitrogens with zero attached hydrogens (tertiary/aromatic N) is 2. The van der Waals surface area contributed by atoms with Gasteiger partial charge >= 0.3 is 0 Å². The highest BCUT2D eigenvalue weighted by molar-refractivity contribution is 7.25. The van der Waals surface area contributed by atoms with E-state index in [0.29, 0.717) is 17.2 Å². The van der Waals surface area contributed by atoms with Crippen molar-refractivity contribution < 1.29 is 6.85 Å². The van der Waals surface area contributed by atoms with Gasteiger partial charge in [0, 0.05) is 37.0 Å². The van der Waals surface area contributed by atoms with Crippen molar-refractivity contribution in [1.29, 1.82) is 0 Å². The molecular weight excluding hydrogens is 336 g/mol. The summed E-state index contributed by atoms with van der Waals surface area (Å²) in [5, 5.41) is 2.38. The molecule has 0 atom stereocenters. The first kappa shape index (κ1) is 10.8. The van der Waals surface area contributed by atoms with Gasteiger partial charge in [0.1, 0.15) is 0 Å². The molecule has 0 spiro atoms. The van der Waals surface area contributed by atoms with Crippen LogP contribution in [-0.2, 0) is 0 Å². The smallest absolute Gasteiger partial charge is 0.160 e. The normalized spacial score (nSPS) is 14.0. The van der Waals surface area contributed by atoms with E-state index in [-0.39, 0.29) is 29.7 Å². The fourth-order valence-corrected chi connectivity index (χ4v) is 4.21. The van der Waals surface area contributed by atoms with Gasteiger partial charge in [-0.1, -0.05) is 60.5 Å². The third-order valence-electron chi connectivity index (χ3n) is 4.25. The molecule has 0 saturated carbocycles. The zero-order valence-corrected chi connectivity index (χ0v) is 14.7. The second-order valence-corrected chi connectivity index (χ2v) is 7.11. The van der Waals surface area contributed by atoms with Gasteiger partial charge in [0.15, 0.2) is 5.82 Å². The minimum atomic E-state index is -0.417. The van der Waals surface area contributed by atoms with Crippen molar-refractivity contribution in [2.24, 2.45) is 0 Å². The first-order valence-corrected chi connectivity index (χ1v) is 9.01. The van der Waals surface area contributed by atoms with Crippen molar-refractivity contribution in [3.63, 3.8) is 0 Å². The van der Waals surface area contributed by atoms with Crippen LogP contribution < -0.4 is 0 Å². The summed E-state index contributed by atoms with van der Waals surface area (Å²) in [6, 6.07) is 14.3. The van der Waals surface area contributed by atoms with Gasteiger partial charge < -0.3 is 0 Å². The molecule has 0 amide bonds. The zero-order chi connectivity index (χ0) is 21.9. The van der Waals surface area contributed by atoms with E-state index in [2.05, 4.69) is 28.2 Å². The van der Waals surface area contributed by atoms with Crippen molar-refractivity contribution in [3.05, 3.63) is 84.4 Å². The molecule has 0 N–H and O–H groups in total. The summed E-state index contributed by atoms with van der Waals surface area (Å²) in [6.45, 7) is 1.81. The molecule has 0 aliphatic heterocycles. The third kappa shape index (κ3) is 2.57. The molecule has 3 heteroatoms. The highest BCUT2D eigenvalue weighted by Gasteiger charge is 2.10. The summed E-state index contributed by atoms with van der Waals surface area (Å²) in [4.78, 5) is 9.15. The van der Waals surface area contributed by atoms with Crippen molar-refractivity contribution in [2.45, 2.75) is 6.92 Å². The molecule has 0 radical (unpaired) electrons. The van der Waals surface area contributed by atoms with Crippen molar-refractivity contribution in [2.75, 3.05) is 0 Å². The van der Waals surface area contributed by atoms with Crippen molar-refractivity contribution in [1.82, 2.24) is 9.97 Å². The van der Waals surface area contributed by atoms with Crippen LogP contribution in [0.3, 0.4) is 0 Å². The molecule has 0 aliphatic rings. The lowest BCUT2D eigenvalue weighted by atomic mass is 10.1. The number of rotatable bonds is 2. The number of fused-ring (bicyclic) bond motifs is 3. The third-order valence-corrected chi connectivity index (χ3v) is 5.38. The summed E-state index contributed by atoms with van der Waals surface area (Å²) in [7, 11) is 0. The maximum Gasteiger partial charge on any atom is 0.160 e. The SMILES string of the molecule is [2H]c1c([2H])c([2H])c(-c2cc(C)nc(-c3ccc4c(c3)sc3ccccc34)n2)c([2H])c1[2H]. The van der Waals surface area contributed by atoms with Crippen LogP contribution in [0.1, 0.15) is 12.5 Å². The topological polar surface area (TPSA) is 25.8 Å². The Morgan fingerprint density at radius 2 is 1.62 bits per heavy atom. The van der Waals surface area contributed by atoms with E-state index in [1.807, 2.05) is 31.2 Å². The molecule has 0 bridgehead atoms. The van der Waals surface area contributed by atoms with Crippen LogP contribution >= 0.6 is 11.3 Å². The van der Waals surface area contributed by atoms with E-state index < -0.39 is 6.04 Å². The quantitative estimate of drug-likeness (QED) is 0.361. The van der Waals surface area contributed by atoms with Crippen LogP contribution in [-0.4, -0.2) is 9.97 Å². The predicted molar refractivity (Wildman–Crippen MR) is 111 cm³/mol. The van der Waals surface area contributed by atoms with Crippen LogP contribution in [0.25, 0.3) is 42.8 Å². The predicted octanol–water partition coefficient (Wildman–Crippen LogP) is 6.49. The Balaban J connectivity index is 1.71. The molecule has 2 aromatic heterocycles. The Kier molecular flexibility index (Phi) is 2.52. The summed E-state index contributed by atoms with van der Waals surface area (Å²) in [5.74, 6) is 0.459. The van der Waals surface area contributed by atoms with Crippen LogP contribution in [0.5, 0.6) is 0 Å². The molecule has 0 unspecified atom stereocenters. The monoisotopic (exact) mass is 357 g/mol. The molecule has 5 aromatic rings. The van der Waals surface area contributed by atoms with E-state index in [1.54, 1.807) is 17.4 Å². The second-order valence-electron chi connectivity index (χ2n) is 6.03. The molecule has 0 saturated heterocycles. The summed E-state index contributed by atoms with van der Waals surface area (Å²) in [5.41, 5.74) is 1.87. The molecule has 0 fully saturated rings. The van der Waals surface area contributed by atoms with Crippen LogP contribution in [0.4, 0.5) is 0 Å². The van der Waals surface area contributed by atoms with Gasteiger partial charge in [-0.05, 0) is 25.1 Å². The van der Waals surface area contributed by atoms with Crippen LogP contribution in [0.2, 0.25) is 0 Å². The van der Waals surface area contributed by atoms with Gasteiger partial charge in [-0.3, -0.25) is 0 Å². The lowest BCUT2D eigenvalue weighted by Crippen LogP contribution is -1.94. The largest absolute Gasteiger partial charge is 0.233 e.